The summed E-state index contributed by atoms with van der Waals surface area (Å²) in [5.41, 5.74) is 0.577. The molecule has 3 nitrogen and oxygen atoms in total. The van der Waals surface area contributed by atoms with Crippen LogP contribution in [0.15, 0.2) is 36.4 Å². The van der Waals surface area contributed by atoms with E-state index in [1.807, 2.05) is 19.1 Å². The summed E-state index contributed by atoms with van der Waals surface area (Å²) < 4.78 is 0. The van der Waals surface area contributed by atoms with Crippen LogP contribution in [-0.4, -0.2) is 16.2 Å². The highest BCUT2D eigenvalue weighted by Crippen LogP contribution is 2.29. The van der Waals surface area contributed by atoms with Gasteiger partial charge in [-0.1, -0.05) is 18.2 Å². The standard InChI is InChI=1S/C13H12O3S/c1-8-6-7-11(17-8)12(14)9-4-2-3-5-10(9)13(15)16/h2-7,12,14H,1H3,(H,15,16). The van der Waals surface area contributed by atoms with Gasteiger partial charge in [-0.3, -0.25) is 0 Å². The van der Waals surface area contributed by atoms with Crippen molar-refractivity contribution in [2.24, 2.45) is 0 Å². The minimum absolute atomic E-state index is 0.144. The SMILES string of the molecule is Cc1ccc(C(O)c2ccccc2C(=O)O)s1. The van der Waals surface area contributed by atoms with Gasteiger partial charge in [-0.05, 0) is 25.1 Å². The average Bonchev–Trinajstić information content (AvgIpc) is 2.75. The Morgan fingerprint density at radius 1 is 1.24 bits per heavy atom. The van der Waals surface area contributed by atoms with Crippen molar-refractivity contribution in [3.63, 3.8) is 0 Å². The van der Waals surface area contributed by atoms with Crippen molar-refractivity contribution in [2.75, 3.05) is 0 Å². The molecular weight excluding hydrogens is 236 g/mol. The zero-order valence-corrected chi connectivity index (χ0v) is 10.1. The molecule has 2 N–H and O–H groups in total. The summed E-state index contributed by atoms with van der Waals surface area (Å²) in [6, 6.07) is 10.3. The molecule has 1 aromatic heterocycles. The number of thiophene rings is 1. The van der Waals surface area contributed by atoms with E-state index in [1.165, 1.54) is 17.4 Å². The Balaban J connectivity index is 2.43. The van der Waals surface area contributed by atoms with Crippen LogP contribution in [0.2, 0.25) is 0 Å². The number of aliphatic hydroxyl groups is 1. The Hall–Kier alpha value is -1.65. The molecule has 2 rings (SSSR count). The van der Waals surface area contributed by atoms with Gasteiger partial charge in [-0.15, -0.1) is 11.3 Å². The largest absolute Gasteiger partial charge is 0.478 e. The lowest BCUT2D eigenvalue weighted by atomic mass is 10.0. The maximum Gasteiger partial charge on any atom is 0.336 e. The van der Waals surface area contributed by atoms with Gasteiger partial charge in [0, 0.05) is 15.3 Å². The molecule has 0 saturated heterocycles. The molecule has 0 aliphatic carbocycles. The van der Waals surface area contributed by atoms with E-state index in [9.17, 15) is 9.90 Å². The van der Waals surface area contributed by atoms with Crippen LogP contribution in [0.1, 0.15) is 31.8 Å². The smallest absolute Gasteiger partial charge is 0.336 e. The molecule has 0 spiro atoms. The van der Waals surface area contributed by atoms with Gasteiger partial charge in [0.1, 0.15) is 6.10 Å². The quantitative estimate of drug-likeness (QED) is 0.878. The summed E-state index contributed by atoms with van der Waals surface area (Å²) in [5, 5.41) is 19.2. The van der Waals surface area contributed by atoms with Crippen LogP contribution >= 0.6 is 11.3 Å². The van der Waals surface area contributed by atoms with Crippen LogP contribution in [0.3, 0.4) is 0 Å². The second kappa shape index (κ2) is 4.69. The van der Waals surface area contributed by atoms with Gasteiger partial charge in [-0.25, -0.2) is 4.79 Å². The van der Waals surface area contributed by atoms with Crippen molar-refractivity contribution in [3.05, 3.63) is 57.3 Å². The van der Waals surface area contributed by atoms with Crippen LogP contribution in [0.4, 0.5) is 0 Å². The second-order valence-electron chi connectivity index (χ2n) is 3.74. The molecule has 0 amide bonds. The Morgan fingerprint density at radius 3 is 2.53 bits per heavy atom. The topological polar surface area (TPSA) is 57.5 Å². The molecule has 1 unspecified atom stereocenters. The van der Waals surface area contributed by atoms with Crippen LogP contribution in [0.5, 0.6) is 0 Å². The van der Waals surface area contributed by atoms with Crippen molar-refractivity contribution in [3.8, 4) is 0 Å². The highest BCUT2D eigenvalue weighted by Gasteiger charge is 2.18. The molecule has 2 aromatic rings. The summed E-state index contributed by atoms with van der Waals surface area (Å²) in [5.74, 6) is -1.02. The predicted octanol–water partition coefficient (Wildman–Crippen LogP) is 2.84. The average molecular weight is 248 g/mol. The lowest BCUT2D eigenvalue weighted by Crippen LogP contribution is -2.06. The lowest BCUT2D eigenvalue weighted by molar-refractivity contribution is 0.0691. The van der Waals surface area contributed by atoms with Crippen molar-refractivity contribution in [1.82, 2.24) is 0 Å². The summed E-state index contributed by atoms with van der Waals surface area (Å²) in [7, 11) is 0. The fourth-order valence-corrected chi connectivity index (χ4v) is 2.57. The van der Waals surface area contributed by atoms with E-state index >= 15 is 0 Å². The molecule has 1 atom stereocenters. The maximum atomic E-state index is 11.1. The third-order valence-electron chi connectivity index (χ3n) is 2.52. The van der Waals surface area contributed by atoms with E-state index < -0.39 is 12.1 Å². The zero-order chi connectivity index (χ0) is 12.4. The number of aromatic carboxylic acids is 1. The maximum absolute atomic E-state index is 11.1. The molecule has 1 aromatic carbocycles. The summed E-state index contributed by atoms with van der Waals surface area (Å²) in [6.45, 7) is 1.95. The van der Waals surface area contributed by atoms with Gasteiger partial charge in [-0.2, -0.15) is 0 Å². The molecule has 88 valence electrons. The number of carboxylic acids is 1. The first kappa shape index (κ1) is 11.8. The normalized spacial score (nSPS) is 12.4. The van der Waals surface area contributed by atoms with E-state index in [1.54, 1.807) is 18.2 Å². The van der Waals surface area contributed by atoms with E-state index in [2.05, 4.69) is 0 Å². The first-order valence-electron chi connectivity index (χ1n) is 5.16. The lowest BCUT2D eigenvalue weighted by Gasteiger charge is -2.11. The Labute approximate surface area is 103 Å². The number of rotatable bonds is 3. The Bertz CT molecular complexity index is 545. The number of benzene rings is 1. The zero-order valence-electron chi connectivity index (χ0n) is 9.25. The fraction of sp³-hybridized carbons (Fsp3) is 0.154. The number of carboxylic acid groups (broad SMARTS) is 1. The van der Waals surface area contributed by atoms with E-state index in [0.717, 1.165) is 9.75 Å². The van der Waals surface area contributed by atoms with Crippen molar-refractivity contribution < 1.29 is 15.0 Å². The van der Waals surface area contributed by atoms with Crippen molar-refractivity contribution in [2.45, 2.75) is 13.0 Å². The molecule has 0 bridgehead atoms. The minimum Gasteiger partial charge on any atom is -0.478 e. The molecule has 0 radical (unpaired) electrons. The number of hydrogen-bond acceptors (Lipinski definition) is 3. The fourth-order valence-electron chi connectivity index (χ4n) is 1.68. The third kappa shape index (κ3) is 2.38. The van der Waals surface area contributed by atoms with Crippen LogP contribution in [-0.2, 0) is 0 Å². The number of hydrogen-bond donors (Lipinski definition) is 2. The molecular formula is C13H12O3S. The van der Waals surface area contributed by atoms with Gasteiger partial charge in [0.15, 0.2) is 0 Å². The number of aryl methyl sites for hydroxylation is 1. The van der Waals surface area contributed by atoms with E-state index in [0.29, 0.717) is 5.56 Å². The van der Waals surface area contributed by atoms with Crippen LogP contribution < -0.4 is 0 Å². The van der Waals surface area contributed by atoms with E-state index in [4.69, 9.17) is 5.11 Å². The predicted molar refractivity (Wildman–Crippen MR) is 66.5 cm³/mol. The monoisotopic (exact) mass is 248 g/mol. The molecule has 4 heteroatoms. The molecule has 0 fully saturated rings. The number of carbonyl (C=O) groups is 1. The molecule has 17 heavy (non-hydrogen) atoms. The van der Waals surface area contributed by atoms with Gasteiger partial charge in [0.05, 0.1) is 5.56 Å². The van der Waals surface area contributed by atoms with Crippen LogP contribution in [0.25, 0.3) is 0 Å². The van der Waals surface area contributed by atoms with Gasteiger partial charge in [0.25, 0.3) is 0 Å². The summed E-state index contributed by atoms with van der Waals surface area (Å²) in [4.78, 5) is 12.9. The molecule has 0 saturated carbocycles. The highest BCUT2D eigenvalue weighted by molar-refractivity contribution is 7.12. The highest BCUT2D eigenvalue weighted by atomic mass is 32.1. The summed E-state index contributed by atoms with van der Waals surface area (Å²) in [6.07, 6.45) is -0.874. The molecule has 0 aliphatic rings. The molecule has 0 aliphatic heterocycles. The van der Waals surface area contributed by atoms with Gasteiger partial charge < -0.3 is 10.2 Å². The van der Waals surface area contributed by atoms with Crippen molar-refractivity contribution >= 4 is 17.3 Å². The van der Waals surface area contributed by atoms with Gasteiger partial charge >= 0.3 is 5.97 Å². The first-order chi connectivity index (χ1) is 8.09. The van der Waals surface area contributed by atoms with E-state index in [-0.39, 0.29) is 5.56 Å². The Morgan fingerprint density at radius 2 is 1.94 bits per heavy atom. The minimum atomic E-state index is -1.02. The Kier molecular flexibility index (Phi) is 3.26. The molecule has 1 heterocycles. The van der Waals surface area contributed by atoms with Crippen LogP contribution in [0, 0.1) is 6.92 Å². The van der Waals surface area contributed by atoms with Gasteiger partial charge in [0.2, 0.25) is 0 Å². The number of aliphatic hydroxyl groups excluding tert-OH is 1. The summed E-state index contributed by atoms with van der Waals surface area (Å²) >= 11 is 1.47. The van der Waals surface area contributed by atoms with Crippen molar-refractivity contribution in [1.29, 1.82) is 0 Å². The third-order valence-corrected chi connectivity index (χ3v) is 3.57. The second-order valence-corrected chi connectivity index (χ2v) is 5.06. The first-order valence-corrected chi connectivity index (χ1v) is 5.98.